The van der Waals surface area contributed by atoms with Gasteiger partial charge in [-0.2, -0.15) is 5.26 Å². The van der Waals surface area contributed by atoms with Crippen LogP contribution in [0, 0.1) is 11.3 Å². The third-order valence-electron chi connectivity index (χ3n) is 2.88. The summed E-state index contributed by atoms with van der Waals surface area (Å²) in [6, 6.07) is 10.2. The van der Waals surface area contributed by atoms with Crippen LogP contribution >= 0.6 is 27.7 Å². The van der Waals surface area contributed by atoms with Gasteiger partial charge in [-0.25, -0.2) is 9.97 Å². The van der Waals surface area contributed by atoms with Gasteiger partial charge < -0.3 is 5.73 Å². The number of aromatic nitrogens is 2. The molecule has 0 saturated heterocycles. The normalized spacial score (nSPS) is 10.6. The van der Waals surface area contributed by atoms with Crippen LogP contribution in [0.1, 0.15) is 36.6 Å². The summed E-state index contributed by atoms with van der Waals surface area (Å²) >= 11 is 4.93. The molecule has 1 aromatic carbocycles. The lowest BCUT2D eigenvalue weighted by atomic mass is 10.1. The summed E-state index contributed by atoms with van der Waals surface area (Å²) in [5.74, 6) is 1.15. The minimum Gasteiger partial charge on any atom is -0.382 e. The van der Waals surface area contributed by atoms with Crippen LogP contribution in [0.4, 0.5) is 5.82 Å². The minimum absolute atomic E-state index is 0.136. The largest absolute Gasteiger partial charge is 0.382 e. The van der Waals surface area contributed by atoms with E-state index in [0.717, 1.165) is 10.2 Å². The van der Waals surface area contributed by atoms with Crippen LogP contribution in [0.15, 0.2) is 33.9 Å². The number of rotatable bonds is 4. The second-order valence-corrected chi connectivity index (χ2v) is 6.69. The van der Waals surface area contributed by atoms with E-state index < -0.39 is 0 Å². The van der Waals surface area contributed by atoms with Gasteiger partial charge >= 0.3 is 0 Å². The molecule has 4 nitrogen and oxygen atoms in total. The maximum atomic E-state index is 9.15. The quantitative estimate of drug-likeness (QED) is 0.654. The Morgan fingerprint density at radius 3 is 2.52 bits per heavy atom. The van der Waals surface area contributed by atoms with Crippen molar-refractivity contribution in [2.24, 2.45) is 0 Å². The Kier molecular flexibility index (Phi) is 5.21. The van der Waals surface area contributed by atoms with E-state index >= 15 is 0 Å². The van der Waals surface area contributed by atoms with Crippen LogP contribution in [-0.4, -0.2) is 9.97 Å². The number of hydrogen-bond donors (Lipinski definition) is 1. The molecule has 0 saturated carbocycles. The van der Waals surface area contributed by atoms with Crippen molar-refractivity contribution < 1.29 is 0 Å². The Labute approximate surface area is 136 Å². The van der Waals surface area contributed by atoms with Crippen LogP contribution < -0.4 is 5.73 Å². The van der Waals surface area contributed by atoms with Crippen molar-refractivity contribution in [3.63, 3.8) is 0 Å². The van der Waals surface area contributed by atoms with E-state index in [0.29, 0.717) is 16.4 Å². The van der Waals surface area contributed by atoms with Crippen LogP contribution in [0.3, 0.4) is 0 Å². The monoisotopic (exact) mass is 362 g/mol. The molecule has 0 fully saturated rings. The Balaban J connectivity index is 2.21. The first kappa shape index (κ1) is 15.8. The SMILES string of the molecule is CC(C)c1nc(SCc2ccc(Br)cc2)nc(N)c1C#N. The molecule has 6 heteroatoms. The molecule has 1 heterocycles. The zero-order valence-electron chi connectivity index (χ0n) is 11.8. The third kappa shape index (κ3) is 3.96. The fraction of sp³-hybridized carbons (Fsp3) is 0.267. The van der Waals surface area contributed by atoms with E-state index in [4.69, 9.17) is 11.0 Å². The number of nitrogens with zero attached hydrogens (tertiary/aromatic N) is 3. The van der Waals surface area contributed by atoms with Crippen LogP contribution in [-0.2, 0) is 5.75 Å². The van der Waals surface area contributed by atoms with Crippen molar-refractivity contribution in [1.29, 1.82) is 5.26 Å². The first-order valence-corrected chi connectivity index (χ1v) is 8.24. The number of thioether (sulfide) groups is 1. The smallest absolute Gasteiger partial charge is 0.190 e. The molecule has 0 spiro atoms. The van der Waals surface area contributed by atoms with E-state index in [1.165, 1.54) is 17.3 Å². The van der Waals surface area contributed by atoms with Gasteiger partial charge in [-0.15, -0.1) is 0 Å². The van der Waals surface area contributed by atoms with Crippen molar-refractivity contribution in [3.8, 4) is 6.07 Å². The Bertz CT molecular complexity index is 677. The molecule has 0 aliphatic heterocycles. The van der Waals surface area contributed by atoms with Crippen molar-refractivity contribution >= 4 is 33.5 Å². The molecule has 1 aromatic heterocycles. The van der Waals surface area contributed by atoms with E-state index in [1.807, 2.05) is 38.1 Å². The van der Waals surface area contributed by atoms with Crippen molar-refractivity contribution in [3.05, 3.63) is 45.6 Å². The lowest BCUT2D eigenvalue weighted by Crippen LogP contribution is -2.06. The number of nitrogens with two attached hydrogens (primary N) is 1. The molecule has 0 bridgehead atoms. The molecule has 0 amide bonds. The third-order valence-corrected chi connectivity index (χ3v) is 4.33. The maximum absolute atomic E-state index is 9.15. The second-order valence-electron chi connectivity index (χ2n) is 4.83. The Morgan fingerprint density at radius 1 is 1.29 bits per heavy atom. The van der Waals surface area contributed by atoms with Gasteiger partial charge in [0.05, 0.1) is 5.69 Å². The zero-order chi connectivity index (χ0) is 15.4. The highest BCUT2D eigenvalue weighted by atomic mass is 79.9. The molecule has 2 aromatic rings. The highest BCUT2D eigenvalue weighted by Gasteiger charge is 2.15. The highest BCUT2D eigenvalue weighted by molar-refractivity contribution is 9.10. The molecule has 0 aliphatic carbocycles. The Hall–Kier alpha value is -1.58. The number of nitriles is 1. The van der Waals surface area contributed by atoms with Gasteiger partial charge in [0, 0.05) is 10.2 Å². The predicted molar refractivity (Wildman–Crippen MR) is 89.0 cm³/mol. The summed E-state index contributed by atoms with van der Waals surface area (Å²) in [5.41, 5.74) is 8.15. The van der Waals surface area contributed by atoms with E-state index in [1.54, 1.807) is 0 Å². The molecule has 21 heavy (non-hydrogen) atoms. The van der Waals surface area contributed by atoms with E-state index in [9.17, 15) is 0 Å². The van der Waals surface area contributed by atoms with Gasteiger partial charge in [0.25, 0.3) is 0 Å². The molecule has 108 valence electrons. The molecular weight excluding hydrogens is 348 g/mol. The standard InChI is InChI=1S/C15H15BrN4S/c1-9(2)13-12(7-17)14(18)20-15(19-13)21-8-10-3-5-11(16)6-4-10/h3-6,9H,8H2,1-2H3,(H2,18,19,20). The summed E-state index contributed by atoms with van der Waals surface area (Å²) in [4.78, 5) is 8.69. The van der Waals surface area contributed by atoms with Crippen molar-refractivity contribution in [2.75, 3.05) is 5.73 Å². The lowest BCUT2D eigenvalue weighted by molar-refractivity contribution is 0.776. The average molecular weight is 363 g/mol. The summed E-state index contributed by atoms with van der Waals surface area (Å²) in [5, 5.41) is 9.76. The van der Waals surface area contributed by atoms with Gasteiger partial charge in [0.2, 0.25) is 0 Å². The fourth-order valence-corrected chi connectivity index (χ4v) is 2.88. The number of nitrogen functional groups attached to an aromatic ring is 1. The van der Waals surface area contributed by atoms with Gasteiger partial charge in [0.1, 0.15) is 17.5 Å². The van der Waals surface area contributed by atoms with E-state index in [2.05, 4.69) is 32.0 Å². The minimum atomic E-state index is 0.136. The molecule has 2 rings (SSSR count). The second kappa shape index (κ2) is 6.92. The van der Waals surface area contributed by atoms with Crippen molar-refractivity contribution in [1.82, 2.24) is 9.97 Å². The van der Waals surface area contributed by atoms with Crippen LogP contribution in [0.2, 0.25) is 0 Å². The van der Waals surface area contributed by atoms with Gasteiger partial charge in [-0.3, -0.25) is 0 Å². The molecule has 2 N–H and O–H groups in total. The molecule has 0 aliphatic rings. The number of anilines is 1. The molecule has 0 atom stereocenters. The number of halogens is 1. The molecule has 0 radical (unpaired) electrons. The lowest BCUT2D eigenvalue weighted by Gasteiger charge is -2.10. The summed E-state index contributed by atoms with van der Waals surface area (Å²) in [6.45, 7) is 3.98. The maximum Gasteiger partial charge on any atom is 0.190 e. The van der Waals surface area contributed by atoms with Crippen LogP contribution in [0.25, 0.3) is 0 Å². The van der Waals surface area contributed by atoms with Gasteiger partial charge in [-0.05, 0) is 23.6 Å². The topological polar surface area (TPSA) is 75.6 Å². The van der Waals surface area contributed by atoms with Crippen LogP contribution in [0.5, 0.6) is 0 Å². The number of benzene rings is 1. The van der Waals surface area contributed by atoms with Crippen molar-refractivity contribution in [2.45, 2.75) is 30.7 Å². The highest BCUT2D eigenvalue weighted by Crippen LogP contribution is 2.26. The van der Waals surface area contributed by atoms with E-state index in [-0.39, 0.29) is 11.7 Å². The van der Waals surface area contributed by atoms with Gasteiger partial charge in [-0.1, -0.05) is 53.7 Å². The van der Waals surface area contributed by atoms with Gasteiger partial charge in [0.15, 0.2) is 5.16 Å². The fourth-order valence-electron chi connectivity index (χ4n) is 1.80. The predicted octanol–water partition coefficient (Wildman–Crippen LogP) is 4.11. The summed E-state index contributed by atoms with van der Waals surface area (Å²) < 4.78 is 1.05. The summed E-state index contributed by atoms with van der Waals surface area (Å²) in [7, 11) is 0. The molecular formula is C15H15BrN4S. The molecule has 0 unspecified atom stereocenters. The summed E-state index contributed by atoms with van der Waals surface area (Å²) in [6.07, 6.45) is 0. The number of hydrogen-bond acceptors (Lipinski definition) is 5. The first-order valence-electron chi connectivity index (χ1n) is 6.46. The average Bonchev–Trinajstić information content (AvgIpc) is 2.46. The first-order chi connectivity index (χ1) is 10.0. The zero-order valence-corrected chi connectivity index (χ0v) is 14.2. The Morgan fingerprint density at radius 2 is 1.95 bits per heavy atom.